The lowest BCUT2D eigenvalue weighted by molar-refractivity contribution is 0.0297. The largest absolute Gasteiger partial charge is 0.391 e. The van der Waals surface area contributed by atoms with Gasteiger partial charge in [-0.3, -0.25) is 4.90 Å². The molecule has 1 heterocycles. The minimum Gasteiger partial charge on any atom is -0.391 e. The van der Waals surface area contributed by atoms with E-state index < -0.39 is 0 Å². The standard InChI is InChI=1S/C11H21NO.CH4/c1-9-6-7-12(8-9)10-4-2-3-5-11(10)13;/h9-11,13H,2-8H2,1H3;1H4/t9-,10?,11+;/m1./s1. The highest BCUT2D eigenvalue weighted by Crippen LogP contribution is 2.27. The van der Waals surface area contributed by atoms with Crippen LogP contribution in [0.1, 0.15) is 46.5 Å². The zero-order valence-electron chi connectivity index (χ0n) is 8.58. The maximum Gasteiger partial charge on any atom is 0.0695 e. The second-order valence-electron chi connectivity index (χ2n) is 4.81. The molecule has 84 valence electrons. The summed E-state index contributed by atoms with van der Waals surface area (Å²) in [7, 11) is 0. The third-order valence-corrected chi connectivity index (χ3v) is 3.62. The van der Waals surface area contributed by atoms with Crippen LogP contribution in [-0.2, 0) is 0 Å². The van der Waals surface area contributed by atoms with E-state index in [-0.39, 0.29) is 13.5 Å². The lowest BCUT2D eigenvalue weighted by atomic mass is 9.91. The molecule has 2 fully saturated rings. The van der Waals surface area contributed by atoms with Crippen molar-refractivity contribution < 1.29 is 5.11 Å². The van der Waals surface area contributed by atoms with Gasteiger partial charge in [-0.05, 0) is 31.7 Å². The number of aliphatic hydroxyl groups is 1. The molecule has 0 aromatic carbocycles. The van der Waals surface area contributed by atoms with E-state index in [4.69, 9.17) is 0 Å². The van der Waals surface area contributed by atoms with Crippen molar-refractivity contribution in [2.45, 2.75) is 58.6 Å². The van der Waals surface area contributed by atoms with Gasteiger partial charge in [0, 0.05) is 12.6 Å². The molecule has 1 saturated heterocycles. The lowest BCUT2D eigenvalue weighted by Crippen LogP contribution is -2.44. The molecular formula is C12H25NO. The van der Waals surface area contributed by atoms with Crippen LogP contribution in [0.4, 0.5) is 0 Å². The van der Waals surface area contributed by atoms with Crippen molar-refractivity contribution in [1.82, 2.24) is 4.90 Å². The molecule has 0 amide bonds. The quantitative estimate of drug-likeness (QED) is 0.700. The fourth-order valence-electron chi connectivity index (χ4n) is 2.79. The molecule has 1 aliphatic carbocycles. The van der Waals surface area contributed by atoms with Crippen LogP contribution in [0.5, 0.6) is 0 Å². The average Bonchev–Trinajstić information content (AvgIpc) is 2.53. The van der Waals surface area contributed by atoms with Crippen LogP contribution in [0.15, 0.2) is 0 Å². The Morgan fingerprint density at radius 1 is 1.14 bits per heavy atom. The topological polar surface area (TPSA) is 23.5 Å². The molecule has 2 aliphatic rings. The van der Waals surface area contributed by atoms with E-state index in [1.165, 1.54) is 38.8 Å². The average molecular weight is 199 g/mol. The van der Waals surface area contributed by atoms with Gasteiger partial charge in [-0.25, -0.2) is 0 Å². The second kappa shape index (κ2) is 5.13. The molecule has 1 unspecified atom stereocenters. The summed E-state index contributed by atoms with van der Waals surface area (Å²) in [5, 5.41) is 9.87. The summed E-state index contributed by atoms with van der Waals surface area (Å²) >= 11 is 0. The van der Waals surface area contributed by atoms with Gasteiger partial charge in [-0.2, -0.15) is 0 Å². The zero-order chi connectivity index (χ0) is 9.26. The molecule has 2 heteroatoms. The van der Waals surface area contributed by atoms with Crippen molar-refractivity contribution in [1.29, 1.82) is 0 Å². The Hall–Kier alpha value is -0.0800. The van der Waals surface area contributed by atoms with Crippen LogP contribution in [-0.4, -0.2) is 35.2 Å². The van der Waals surface area contributed by atoms with Crippen molar-refractivity contribution in [3.8, 4) is 0 Å². The first-order valence-corrected chi connectivity index (χ1v) is 5.69. The summed E-state index contributed by atoms with van der Waals surface area (Å²) in [5.41, 5.74) is 0. The van der Waals surface area contributed by atoms with Gasteiger partial charge in [0.1, 0.15) is 0 Å². The van der Waals surface area contributed by atoms with Gasteiger partial charge in [0.15, 0.2) is 0 Å². The summed E-state index contributed by atoms with van der Waals surface area (Å²) < 4.78 is 0. The van der Waals surface area contributed by atoms with Gasteiger partial charge in [0.25, 0.3) is 0 Å². The smallest absolute Gasteiger partial charge is 0.0695 e. The summed E-state index contributed by atoms with van der Waals surface area (Å²) in [6.45, 7) is 4.74. The van der Waals surface area contributed by atoms with Gasteiger partial charge < -0.3 is 5.11 Å². The van der Waals surface area contributed by atoms with Crippen LogP contribution < -0.4 is 0 Å². The molecule has 1 N–H and O–H groups in total. The van der Waals surface area contributed by atoms with Crippen molar-refractivity contribution in [2.75, 3.05) is 13.1 Å². The van der Waals surface area contributed by atoms with Gasteiger partial charge in [0.2, 0.25) is 0 Å². The van der Waals surface area contributed by atoms with E-state index in [0.29, 0.717) is 6.04 Å². The normalized spacial score (nSPS) is 39.4. The number of nitrogens with zero attached hydrogens (tertiary/aromatic N) is 1. The van der Waals surface area contributed by atoms with Crippen molar-refractivity contribution >= 4 is 0 Å². The van der Waals surface area contributed by atoms with E-state index in [1.807, 2.05) is 0 Å². The van der Waals surface area contributed by atoms with Gasteiger partial charge in [-0.1, -0.05) is 27.2 Å². The highest BCUT2D eigenvalue weighted by Gasteiger charge is 2.32. The second-order valence-corrected chi connectivity index (χ2v) is 4.81. The van der Waals surface area contributed by atoms with E-state index in [0.717, 1.165) is 12.3 Å². The van der Waals surface area contributed by atoms with Crippen LogP contribution in [0.3, 0.4) is 0 Å². The first-order valence-electron chi connectivity index (χ1n) is 5.69. The Bertz CT molecular complexity index is 172. The predicted octanol–water partition coefficient (Wildman–Crippen LogP) is 2.27. The molecule has 3 atom stereocenters. The molecule has 0 aromatic heterocycles. The Morgan fingerprint density at radius 3 is 2.43 bits per heavy atom. The zero-order valence-corrected chi connectivity index (χ0v) is 8.58. The molecule has 0 spiro atoms. The molecule has 14 heavy (non-hydrogen) atoms. The van der Waals surface area contributed by atoms with E-state index in [9.17, 15) is 5.11 Å². The maximum atomic E-state index is 9.87. The minimum atomic E-state index is -0.0425. The first kappa shape index (κ1) is 12.0. The summed E-state index contributed by atoms with van der Waals surface area (Å²) in [6, 6.07) is 0.485. The fraction of sp³-hybridized carbons (Fsp3) is 1.00. The third-order valence-electron chi connectivity index (χ3n) is 3.62. The minimum absolute atomic E-state index is 0. The molecule has 0 aromatic rings. The Balaban J connectivity index is 0.000000980. The van der Waals surface area contributed by atoms with Crippen LogP contribution in [0.2, 0.25) is 0 Å². The third kappa shape index (κ3) is 2.48. The Kier molecular flexibility index (Phi) is 4.39. The Labute approximate surface area is 88.3 Å². The molecule has 0 bridgehead atoms. The highest BCUT2D eigenvalue weighted by molar-refractivity contribution is 4.86. The molecule has 1 aliphatic heterocycles. The summed E-state index contributed by atoms with van der Waals surface area (Å²) in [6.07, 6.45) is 6.05. The predicted molar refractivity (Wildman–Crippen MR) is 60.3 cm³/mol. The first-order chi connectivity index (χ1) is 6.27. The number of hydrogen-bond donors (Lipinski definition) is 1. The van der Waals surface area contributed by atoms with E-state index in [2.05, 4.69) is 11.8 Å². The Morgan fingerprint density at radius 2 is 1.86 bits per heavy atom. The lowest BCUT2D eigenvalue weighted by Gasteiger charge is -2.35. The number of aliphatic hydroxyl groups excluding tert-OH is 1. The van der Waals surface area contributed by atoms with Crippen molar-refractivity contribution in [3.63, 3.8) is 0 Å². The number of rotatable bonds is 1. The van der Waals surface area contributed by atoms with E-state index >= 15 is 0 Å². The van der Waals surface area contributed by atoms with Crippen LogP contribution in [0.25, 0.3) is 0 Å². The van der Waals surface area contributed by atoms with Crippen molar-refractivity contribution in [2.24, 2.45) is 5.92 Å². The van der Waals surface area contributed by atoms with Crippen molar-refractivity contribution in [3.05, 3.63) is 0 Å². The molecule has 2 nitrogen and oxygen atoms in total. The molecule has 2 rings (SSSR count). The number of likely N-dealkylation sites (tertiary alicyclic amines) is 1. The van der Waals surface area contributed by atoms with Crippen LogP contribution >= 0.6 is 0 Å². The van der Waals surface area contributed by atoms with Gasteiger partial charge in [-0.15, -0.1) is 0 Å². The van der Waals surface area contributed by atoms with Gasteiger partial charge in [0.05, 0.1) is 6.10 Å². The summed E-state index contributed by atoms with van der Waals surface area (Å²) in [5.74, 6) is 0.842. The van der Waals surface area contributed by atoms with Gasteiger partial charge >= 0.3 is 0 Å². The summed E-state index contributed by atoms with van der Waals surface area (Å²) in [4.78, 5) is 2.51. The van der Waals surface area contributed by atoms with E-state index in [1.54, 1.807) is 0 Å². The number of hydrogen-bond acceptors (Lipinski definition) is 2. The van der Waals surface area contributed by atoms with Crippen LogP contribution in [0, 0.1) is 5.92 Å². The molecular weight excluding hydrogens is 174 g/mol. The monoisotopic (exact) mass is 199 g/mol. The maximum absolute atomic E-state index is 9.87. The molecule has 1 saturated carbocycles. The highest BCUT2D eigenvalue weighted by atomic mass is 16.3. The SMILES string of the molecule is C.C[C@@H]1CCN(C2CCCC[C@@H]2O)C1. The molecule has 0 radical (unpaired) electrons. The fourth-order valence-corrected chi connectivity index (χ4v) is 2.79.